The third-order valence-corrected chi connectivity index (χ3v) is 5.98. The van der Waals surface area contributed by atoms with Gasteiger partial charge in [0, 0.05) is 10.5 Å². The lowest BCUT2D eigenvalue weighted by Gasteiger charge is -2.22. The monoisotopic (exact) mass is 505 g/mol. The lowest BCUT2D eigenvalue weighted by molar-refractivity contribution is 0.268. The van der Waals surface area contributed by atoms with Crippen LogP contribution in [0, 0.1) is 5.82 Å². The predicted molar refractivity (Wildman–Crippen MR) is 131 cm³/mol. The molecule has 0 saturated heterocycles. The Hall–Kier alpha value is -3.58. The first-order valence-corrected chi connectivity index (χ1v) is 11.3. The van der Waals surface area contributed by atoms with Crippen molar-refractivity contribution in [2.45, 2.75) is 13.2 Å². The number of ether oxygens (including phenoxy) is 2. The maximum absolute atomic E-state index is 14.8. The molecule has 166 valence electrons. The van der Waals surface area contributed by atoms with Crippen LogP contribution in [0.3, 0.4) is 0 Å². The average molecular weight is 506 g/mol. The number of fused-ring (bicyclic) bond motifs is 1. The average Bonchev–Trinajstić information content (AvgIpc) is 3.31. The molecule has 33 heavy (non-hydrogen) atoms. The fraction of sp³-hybridized carbons (Fsp3) is 0.115. The van der Waals surface area contributed by atoms with Gasteiger partial charge in [0.15, 0.2) is 0 Å². The first-order chi connectivity index (χ1) is 16.2. The highest BCUT2D eigenvalue weighted by atomic mass is 79.9. The van der Waals surface area contributed by atoms with E-state index >= 15 is 0 Å². The molecule has 0 amide bonds. The van der Waals surface area contributed by atoms with Crippen LogP contribution in [0.5, 0.6) is 11.8 Å². The molecule has 0 saturated carbocycles. The SMILES string of the molecule is Fc1ccc(Br)c2c1N(c1ccc(OCc3ccccc3)nc1OCc1ccccc1)CN2. The number of pyridine rings is 1. The third kappa shape index (κ3) is 4.64. The van der Waals surface area contributed by atoms with Crippen LogP contribution >= 0.6 is 15.9 Å². The zero-order valence-electron chi connectivity index (χ0n) is 17.7. The van der Waals surface area contributed by atoms with Gasteiger partial charge in [0.05, 0.1) is 12.4 Å². The summed E-state index contributed by atoms with van der Waals surface area (Å²) >= 11 is 3.49. The van der Waals surface area contributed by atoms with Gasteiger partial charge in [-0.3, -0.25) is 0 Å². The molecule has 0 radical (unpaired) electrons. The fourth-order valence-corrected chi connectivity index (χ4v) is 4.14. The van der Waals surface area contributed by atoms with Gasteiger partial charge in [-0.2, -0.15) is 4.98 Å². The second-order valence-electron chi connectivity index (χ2n) is 7.54. The molecule has 0 aliphatic carbocycles. The van der Waals surface area contributed by atoms with Crippen molar-refractivity contribution in [2.75, 3.05) is 16.9 Å². The van der Waals surface area contributed by atoms with Crippen molar-refractivity contribution in [3.8, 4) is 11.8 Å². The second kappa shape index (κ2) is 9.50. The Labute approximate surface area is 199 Å². The molecule has 1 aliphatic heterocycles. The van der Waals surface area contributed by atoms with E-state index in [2.05, 4.69) is 26.2 Å². The van der Waals surface area contributed by atoms with Crippen molar-refractivity contribution in [1.82, 2.24) is 4.98 Å². The van der Waals surface area contributed by atoms with E-state index in [1.807, 2.05) is 71.6 Å². The van der Waals surface area contributed by atoms with E-state index in [9.17, 15) is 4.39 Å². The topological polar surface area (TPSA) is 46.6 Å². The Kier molecular flexibility index (Phi) is 6.13. The molecule has 1 aliphatic rings. The van der Waals surface area contributed by atoms with Gasteiger partial charge in [-0.1, -0.05) is 60.7 Å². The zero-order valence-corrected chi connectivity index (χ0v) is 19.3. The third-order valence-electron chi connectivity index (χ3n) is 5.32. The summed E-state index contributed by atoms with van der Waals surface area (Å²) in [7, 11) is 0. The Morgan fingerprint density at radius 3 is 2.21 bits per heavy atom. The van der Waals surface area contributed by atoms with Crippen LogP contribution in [0.15, 0.2) is 89.4 Å². The van der Waals surface area contributed by atoms with Crippen LogP contribution in [0.25, 0.3) is 0 Å². The van der Waals surface area contributed by atoms with Gasteiger partial charge in [-0.25, -0.2) is 4.39 Å². The molecule has 4 aromatic rings. The van der Waals surface area contributed by atoms with Crippen molar-refractivity contribution < 1.29 is 13.9 Å². The summed E-state index contributed by atoms with van der Waals surface area (Å²) < 4.78 is 27.6. The summed E-state index contributed by atoms with van der Waals surface area (Å²) in [4.78, 5) is 6.45. The minimum absolute atomic E-state index is 0.323. The Balaban J connectivity index is 1.46. The van der Waals surface area contributed by atoms with E-state index < -0.39 is 0 Å². The molecule has 2 heterocycles. The molecule has 5 nitrogen and oxygen atoms in total. The van der Waals surface area contributed by atoms with Crippen molar-refractivity contribution in [1.29, 1.82) is 0 Å². The molecular weight excluding hydrogens is 485 g/mol. The number of benzene rings is 3. The van der Waals surface area contributed by atoms with E-state index in [0.29, 0.717) is 48.7 Å². The second-order valence-corrected chi connectivity index (χ2v) is 8.39. The maximum atomic E-state index is 14.8. The summed E-state index contributed by atoms with van der Waals surface area (Å²) in [6.45, 7) is 1.11. The molecule has 0 spiro atoms. The number of nitrogens with one attached hydrogen (secondary N) is 1. The van der Waals surface area contributed by atoms with E-state index in [1.165, 1.54) is 6.07 Å². The van der Waals surface area contributed by atoms with Crippen LogP contribution < -0.4 is 19.7 Å². The van der Waals surface area contributed by atoms with Crippen LogP contribution in [0.2, 0.25) is 0 Å². The maximum Gasteiger partial charge on any atom is 0.241 e. The van der Waals surface area contributed by atoms with Crippen molar-refractivity contribution >= 4 is 33.0 Å². The lowest BCUT2D eigenvalue weighted by Crippen LogP contribution is -2.19. The highest BCUT2D eigenvalue weighted by Crippen LogP contribution is 2.45. The van der Waals surface area contributed by atoms with Crippen molar-refractivity contribution in [3.63, 3.8) is 0 Å². The van der Waals surface area contributed by atoms with Crippen LogP contribution in [0.4, 0.5) is 21.5 Å². The van der Waals surface area contributed by atoms with Crippen molar-refractivity contribution in [3.05, 3.63) is 106 Å². The molecule has 7 heteroatoms. The molecule has 0 unspecified atom stereocenters. The van der Waals surface area contributed by atoms with Crippen LogP contribution in [-0.2, 0) is 13.2 Å². The van der Waals surface area contributed by atoms with Crippen LogP contribution in [-0.4, -0.2) is 11.7 Å². The van der Waals surface area contributed by atoms with E-state index in [0.717, 1.165) is 15.6 Å². The molecular formula is C26H21BrFN3O2. The number of rotatable bonds is 7. The number of anilines is 3. The molecule has 5 rings (SSSR count). The zero-order chi connectivity index (χ0) is 22.6. The van der Waals surface area contributed by atoms with Gasteiger partial charge < -0.3 is 19.7 Å². The summed E-state index contributed by atoms with van der Waals surface area (Å²) in [5.74, 6) is 0.489. The van der Waals surface area contributed by atoms with Gasteiger partial charge in [0.2, 0.25) is 11.8 Å². The lowest BCUT2D eigenvalue weighted by atomic mass is 10.2. The first kappa shape index (κ1) is 21.3. The normalized spacial score (nSPS) is 12.2. The Morgan fingerprint density at radius 1 is 0.848 bits per heavy atom. The fourth-order valence-electron chi connectivity index (χ4n) is 3.68. The number of aromatic nitrogens is 1. The highest BCUT2D eigenvalue weighted by molar-refractivity contribution is 9.10. The van der Waals surface area contributed by atoms with Gasteiger partial charge in [0.1, 0.15) is 30.4 Å². The van der Waals surface area contributed by atoms with Gasteiger partial charge in [-0.05, 0) is 45.3 Å². The minimum atomic E-state index is -0.323. The summed E-state index contributed by atoms with van der Waals surface area (Å²) in [6.07, 6.45) is 0. The predicted octanol–water partition coefficient (Wildman–Crippen LogP) is 6.66. The quantitative estimate of drug-likeness (QED) is 0.304. The highest BCUT2D eigenvalue weighted by Gasteiger charge is 2.28. The minimum Gasteiger partial charge on any atom is -0.473 e. The van der Waals surface area contributed by atoms with Gasteiger partial charge >= 0.3 is 0 Å². The standard InChI is InChI=1S/C26H21BrFN3O2/c27-20-11-12-21(28)25-24(20)29-17-31(25)22-13-14-23(32-15-18-7-3-1-4-8-18)30-26(22)33-16-19-9-5-2-6-10-19/h1-14,29H,15-17H2. The number of halogens is 2. The van der Waals surface area contributed by atoms with Crippen LogP contribution in [0.1, 0.15) is 11.1 Å². The molecule has 0 atom stereocenters. The Morgan fingerprint density at radius 2 is 1.52 bits per heavy atom. The number of nitrogens with zero attached hydrogens (tertiary/aromatic N) is 2. The molecule has 3 aromatic carbocycles. The smallest absolute Gasteiger partial charge is 0.241 e. The Bertz CT molecular complexity index is 1260. The van der Waals surface area contributed by atoms with E-state index in [4.69, 9.17) is 9.47 Å². The van der Waals surface area contributed by atoms with Gasteiger partial charge in [-0.15, -0.1) is 0 Å². The van der Waals surface area contributed by atoms with E-state index in [-0.39, 0.29) is 5.82 Å². The van der Waals surface area contributed by atoms with E-state index in [1.54, 1.807) is 12.1 Å². The summed E-state index contributed by atoms with van der Waals surface area (Å²) in [6, 6.07) is 26.5. The molecule has 0 bridgehead atoms. The summed E-state index contributed by atoms with van der Waals surface area (Å²) in [5.41, 5.74) is 3.86. The number of hydrogen-bond acceptors (Lipinski definition) is 5. The molecule has 1 aromatic heterocycles. The van der Waals surface area contributed by atoms with Crippen molar-refractivity contribution in [2.24, 2.45) is 0 Å². The largest absolute Gasteiger partial charge is 0.473 e. The first-order valence-electron chi connectivity index (χ1n) is 10.5. The molecule has 1 N–H and O–H groups in total. The molecule has 0 fully saturated rings. The van der Waals surface area contributed by atoms with Gasteiger partial charge in [0.25, 0.3) is 0 Å². The number of hydrogen-bond donors (Lipinski definition) is 1. The summed E-state index contributed by atoms with van der Waals surface area (Å²) in [5, 5.41) is 3.24.